The number of carbonyl (C=O) groups excluding carboxylic acids is 1. The summed E-state index contributed by atoms with van der Waals surface area (Å²) in [4.78, 5) is 22.8. The van der Waals surface area contributed by atoms with E-state index in [9.17, 15) is 9.59 Å². The molecule has 0 saturated carbocycles. The largest absolute Gasteiger partial charge is 0.496 e. The summed E-state index contributed by atoms with van der Waals surface area (Å²) >= 11 is 0. The standard InChI is InChI=1S/C12H14O4/c1-3-8(12(14)15)11(13)9-6-4-5-7-10(9)16-2/h4-8H,3H2,1-2H3,(H,14,15). The van der Waals surface area contributed by atoms with Crippen LogP contribution in [0.5, 0.6) is 5.75 Å². The minimum atomic E-state index is -1.10. The maximum Gasteiger partial charge on any atom is 0.314 e. The van der Waals surface area contributed by atoms with Crippen LogP contribution in [-0.4, -0.2) is 24.0 Å². The van der Waals surface area contributed by atoms with Gasteiger partial charge >= 0.3 is 5.97 Å². The first-order valence-electron chi connectivity index (χ1n) is 5.01. The van der Waals surface area contributed by atoms with E-state index < -0.39 is 17.7 Å². The number of aliphatic carboxylic acids is 1. The van der Waals surface area contributed by atoms with Crippen molar-refractivity contribution >= 4 is 11.8 Å². The number of carboxylic acid groups (broad SMARTS) is 1. The van der Waals surface area contributed by atoms with E-state index in [0.29, 0.717) is 11.3 Å². The molecule has 0 radical (unpaired) electrons. The van der Waals surface area contributed by atoms with E-state index in [0.717, 1.165) is 0 Å². The summed E-state index contributed by atoms with van der Waals surface area (Å²) < 4.78 is 5.03. The maximum atomic E-state index is 11.9. The third-order valence-corrected chi connectivity index (χ3v) is 2.40. The molecule has 0 heterocycles. The number of ketones is 1. The molecule has 0 aliphatic carbocycles. The predicted octanol–water partition coefficient (Wildman–Crippen LogP) is 1.99. The van der Waals surface area contributed by atoms with Gasteiger partial charge in [-0.2, -0.15) is 0 Å². The van der Waals surface area contributed by atoms with Crippen molar-refractivity contribution in [3.8, 4) is 5.75 Å². The Morgan fingerprint density at radius 3 is 2.50 bits per heavy atom. The van der Waals surface area contributed by atoms with E-state index in [1.165, 1.54) is 7.11 Å². The Morgan fingerprint density at radius 2 is 2.00 bits per heavy atom. The van der Waals surface area contributed by atoms with Crippen molar-refractivity contribution < 1.29 is 19.4 Å². The van der Waals surface area contributed by atoms with E-state index in [4.69, 9.17) is 9.84 Å². The van der Waals surface area contributed by atoms with Gasteiger partial charge in [0, 0.05) is 0 Å². The van der Waals surface area contributed by atoms with Gasteiger partial charge in [-0.3, -0.25) is 9.59 Å². The lowest BCUT2D eigenvalue weighted by molar-refractivity contribution is -0.140. The molecule has 1 aromatic carbocycles. The molecule has 86 valence electrons. The molecule has 0 spiro atoms. The summed E-state index contributed by atoms with van der Waals surface area (Å²) in [6.45, 7) is 1.67. The number of ether oxygens (including phenoxy) is 1. The molecule has 4 heteroatoms. The van der Waals surface area contributed by atoms with Crippen molar-refractivity contribution in [3.63, 3.8) is 0 Å². The molecule has 0 amide bonds. The Morgan fingerprint density at radius 1 is 1.38 bits per heavy atom. The van der Waals surface area contributed by atoms with Crippen LogP contribution >= 0.6 is 0 Å². The van der Waals surface area contributed by atoms with Crippen LogP contribution in [0.4, 0.5) is 0 Å². The summed E-state index contributed by atoms with van der Waals surface area (Å²) in [6, 6.07) is 6.64. The third-order valence-electron chi connectivity index (χ3n) is 2.40. The molecule has 0 saturated heterocycles. The van der Waals surface area contributed by atoms with E-state index in [1.807, 2.05) is 0 Å². The fourth-order valence-corrected chi connectivity index (χ4v) is 1.51. The zero-order valence-corrected chi connectivity index (χ0v) is 9.27. The Hall–Kier alpha value is -1.84. The molecule has 16 heavy (non-hydrogen) atoms. The number of hydrogen-bond donors (Lipinski definition) is 1. The van der Waals surface area contributed by atoms with Crippen LogP contribution in [0.3, 0.4) is 0 Å². The van der Waals surface area contributed by atoms with Crippen LogP contribution in [0.15, 0.2) is 24.3 Å². The van der Waals surface area contributed by atoms with Gasteiger partial charge in [0.05, 0.1) is 12.7 Å². The Labute approximate surface area is 93.9 Å². The van der Waals surface area contributed by atoms with Gasteiger partial charge in [0.2, 0.25) is 0 Å². The second-order valence-corrected chi connectivity index (χ2v) is 3.36. The predicted molar refractivity (Wildman–Crippen MR) is 58.7 cm³/mol. The first kappa shape index (κ1) is 12.2. The second-order valence-electron chi connectivity index (χ2n) is 3.36. The summed E-state index contributed by atoms with van der Waals surface area (Å²) in [5.41, 5.74) is 0.319. The number of rotatable bonds is 5. The lowest BCUT2D eigenvalue weighted by atomic mass is 9.95. The molecule has 1 N–H and O–H groups in total. The molecule has 1 aromatic rings. The number of methoxy groups -OCH3 is 1. The number of carboxylic acids is 1. The van der Waals surface area contributed by atoms with Crippen LogP contribution in [-0.2, 0) is 4.79 Å². The quantitative estimate of drug-likeness (QED) is 0.611. The van der Waals surface area contributed by atoms with Crippen molar-refractivity contribution in [2.24, 2.45) is 5.92 Å². The zero-order valence-electron chi connectivity index (χ0n) is 9.27. The van der Waals surface area contributed by atoms with Gasteiger partial charge in [-0.15, -0.1) is 0 Å². The van der Waals surface area contributed by atoms with Gasteiger partial charge in [-0.1, -0.05) is 19.1 Å². The van der Waals surface area contributed by atoms with Gasteiger partial charge in [0.1, 0.15) is 11.7 Å². The van der Waals surface area contributed by atoms with Crippen LogP contribution in [0, 0.1) is 5.92 Å². The minimum absolute atomic E-state index is 0.270. The van der Waals surface area contributed by atoms with Gasteiger partial charge in [-0.25, -0.2) is 0 Å². The highest BCUT2D eigenvalue weighted by atomic mass is 16.5. The second kappa shape index (κ2) is 5.30. The summed E-state index contributed by atoms with van der Waals surface area (Å²) in [5, 5.41) is 8.91. The van der Waals surface area contributed by atoms with Crippen LogP contribution in [0.1, 0.15) is 23.7 Å². The molecule has 0 aromatic heterocycles. The van der Waals surface area contributed by atoms with Gasteiger partial charge in [0.15, 0.2) is 5.78 Å². The highest BCUT2D eigenvalue weighted by Gasteiger charge is 2.27. The highest BCUT2D eigenvalue weighted by Crippen LogP contribution is 2.22. The molecule has 4 nitrogen and oxygen atoms in total. The molecule has 0 fully saturated rings. The van der Waals surface area contributed by atoms with Crippen LogP contribution in [0.2, 0.25) is 0 Å². The summed E-state index contributed by atoms with van der Waals surface area (Å²) in [6.07, 6.45) is 0.270. The SMILES string of the molecule is CCC(C(=O)O)C(=O)c1ccccc1OC. The molecular weight excluding hydrogens is 208 g/mol. The average Bonchev–Trinajstić information content (AvgIpc) is 2.29. The normalized spacial score (nSPS) is 11.9. The topological polar surface area (TPSA) is 63.6 Å². The Kier molecular flexibility index (Phi) is 4.05. The third kappa shape index (κ3) is 2.39. The van der Waals surface area contributed by atoms with E-state index in [2.05, 4.69) is 0 Å². The number of Topliss-reactive ketones (excluding diaryl/α,β-unsaturated/α-hetero) is 1. The van der Waals surface area contributed by atoms with E-state index in [1.54, 1.807) is 31.2 Å². The smallest absolute Gasteiger partial charge is 0.314 e. The van der Waals surface area contributed by atoms with Crippen molar-refractivity contribution in [1.29, 1.82) is 0 Å². The van der Waals surface area contributed by atoms with Crippen molar-refractivity contribution in [1.82, 2.24) is 0 Å². The average molecular weight is 222 g/mol. The molecule has 0 bridgehead atoms. The first-order valence-corrected chi connectivity index (χ1v) is 5.01. The van der Waals surface area contributed by atoms with Crippen molar-refractivity contribution in [2.45, 2.75) is 13.3 Å². The van der Waals surface area contributed by atoms with E-state index in [-0.39, 0.29) is 6.42 Å². The Balaban J connectivity index is 3.08. The fraction of sp³-hybridized carbons (Fsp3) is 0.333. The number of para-hydroxylation sites is 1. The minimum Gasteiger partial charge on any atom is -0.496 e. The number of hydrogen-bond acceptors (Lipinski definition) is 3. The summed E-state index contributed by atoms with van der Waals surface area (Å²) in [7, 11) is 1.45. The van der Waals surface area contributed by atoms with Crippen LogP contribution in [0.25, 0.3) is 0 Å². The summed E-state index contributed by atoms with van der Waals surface area (Å²) in [5.74, 6) is -2.10. The van der Waals surface area contributed by atoms with Crippen LogP contribution < -0.4 is 4.74 Å². The van der Waals surface area contributed by atoms with Gasteiger partial charge in [-0.05, 0) is 18.6 Å². The molecular formula is C12H14O4. The number of carbonyl (C=O) groups is 2. The molecule has 0 aliphatic heterocycles. The van der Waals surface area contributed by atoms with Gasteiger partial charge in [0.25, 0.3) is 0 Å². The molecule has 0 aliphatic rings. The zero-order chi connectivity index (χ0) is 12.1. The fourth-order valence-electron chi connectivity index (χ4n) is 1.51. The highest BCUT2D eigenvalue weighted by molar-refractivity contribution is 6.09. The lowest BCUT2D eigenvalue weighted by Gasteiger charge is -2.11. The lowest BCUT2D eigenvalue weighted by Crippen LogP contribution is -2.23. The maximum absolute atomic E-state index is 11.9. The monoisotopic (exact) mass is 222 g/mol. The molecule has 1 unspecified atom stereocenters. The van der Waals surface area contributed by atoms with Crippen molar-refractivity contribution in [2.75, 3.05) is 7.11 Å². The molecule has 1 atom stereocenters. The first-order chi connectivity index (χ1) is 7.61. The Bertz CT molecular complexity index is 398. The van der Waals surface area contributed by atoms with E-state index >= 15 is 0 Å². The number of benzene rings is 1. The molecule has 1 rings (SSSR count). The van der Waals surface area contributed by atoms with Crippen molar-refractivity contribution in [3.05, 3.63) is 29.8 Å². The van der Waals surface area contributed by atoms with Gasteiger partial charge < -0.3 is 9.84 Å².